The van der Waals surface area contributed by atoms with Crippen molar-refractivity contribution in [2.75, 3.05) is 13.1 Å². The Morgan fingerprint density at radius 3 is 2.67 bits per heavy atom. The van der Waals surface area contributed by atoms with Crippen LogP contribution in [0.15, 0.2) is 18.2 Å². The van der Waals surface area contributed by atoms with Gasteiger partial charge in [-0.2, -0.15) is 0 Å². The summed E-state index contributed by atoms with van der Waals surface area (Å²) in [6.07, 6.45) is 2.42. The predicted molar refractivity (Wildman–Crippen MR) is 90.7 cm³/mol. The first kappa shape index (κ1) is 17.2. The molecule has 0 bridgehead atoms. The molecule has 0 spiro atoms. The minimum Gasteiger partial charge on any atom is -0.491 e. The molecule has 3 rings (SSSR count). The number of nitrogens with zero attached hydrogens (tertiary/aromatic N) is 1. The van der Waals surface area contributed by atoms with E-state index in [1.54, 1.807) is 0 Å². The number of aliphatic hydroxyl groups is 1. The molecular formula is C19H27NO4. The molecule has 5 nitrogen and oxygen atoms in total. The summed E-state index contributed by atoms with van der Waals surface area (Å²) < 4.78 is 5.72. The quantitative estimate of drug-likeness (QED) is 0.802. The number of aliphatic hydroxyl groups excluding tert-OH is 1. The Kier molecular flexibility index (Phi) is 5.11. The number of rotatable bonds is 7. The van der Waals surface area contributed by atoms with E-state index in [-0.39, 0.29) is 18.6 Å². The zero-order valence-corrected chi connectivity index (χ0v) is 14.4. The van der Waals surface area contributed by atoms with Gasteiger partial charge in [0.15, 0.2) is 0 Å². The van der Waals surface area contributed by atoms with Crippen molar-refractivity contribution in [3.63, 3.8) is 0 Å². The van der Waals surface area contributed by atoms with Crippen LogP contribution in [0.25, 0.3) is 0 Å². The highest BCUT2D eigenvalue weighted by Gasteiger charge is 2.45. The van der Waals surface area contributed by atoms with Crippen molar-refractivity contribution in [2.45, 2.75) is 45.9 Å². The van der Waals surface area contributed by atoms with E-state index in [9.17, 15) is 15.0 Å². The highest BCUT2D eigenvalue weighted by atomic mass is 16.5. The molecule has 2 atom stereocenters. The molecule has 1 saturated heterocycles. The maximum atomic E-state index is 11.5. The van der Waals surface area contributed by atoms with Crippen molar-refractivity contribution in [2.24, 2.45) is 17.8 Å². The molecule has 0 amide bonds. The van der Waals surface area contributed by atoms with Gasteiger partial charge in [-0.25, -0.2) is 0 Å². The summed E-state index contributed by atoms with van der Waals surface area (Å²) >= 11 is 0. The van der Waals surface area contributed by atoms with E-state index in [0.717, 1.165) is 30.0 Å². The molecule has 1 aromatic carbocycles. The molecule has 0 aromatic heterocycles. The van der Waals surface area contributed by atoms with Gasteiger partial charge in [0.2, 0.25) is 0 Å². The van der Waals surface area contributed by atoms with Gasteiger partial charge in [-0.15, -0.1) is 0 Å². The van der Waals surface area contributed by atoms with Crippen LogP contribution in [0, 0.1) is 17.8 Å². The zero-order valence-electron chi connectivity index (χ0n) is 14.4. The smallest absolute Gasteiger partial charge is 0.308 e. The third kappa shape index (κ3) is 3.90. The largest absolute Gasteiger partial charge is 0.491 e. The summed E-state index contributed by atoms with van der Waals surface area (Å²) in [6, 6.07) is 5.89. The monoisotopic (exact) mass is 333 g/mol. The van der Waals surface area contributed by atoms with Crippen LogP contribution in [0.1, 0.15) is 37.8 Å². The van der Waals surface area contributed by atoms with Crippen LogP contribution in [0.4, 0.5) is 0 Å². The minimum absolute atomic E-state index is 0.0572. The molecule has 2 N–H and O–H groups in total. The average molecular weight is 333 g/mol. The molecule has 0 unspecified atom stereocenters. The molecule has 1 aromatic rings. The summed E-state index contributed by atoms with van der Waals surface area (Å²) in [5.41, 5.74) is 1.88. The van der Waals surface area contributed by atoms with Crippen LogP contribution in [0.3, 0.4) is 0 Å². The number of ether oxygens (including phenoxy) is 1. The van der Waals surface area contributed by atoms with Gasteiger partial charge in [0.1, 0.15) is 5.75 Å². The third-order valence-electron chi connectivity index (χ3n) is 5.05. The van der Waals surface area contributed by atoms with Gasteiger partial charge >= 0.3 is 5.97 Å². The Hall–Kier alpha value is -1.59. The Labute approximate surface area is 143 Å². The lowest BCUT2D eigenvalue weighted by atomic mass is 9.92. The van der Waals surface area contributed by atoms with E-state index in [2.05, 4.69) is 4.90 Å². The number of carboxylic acid groups (broad SMARTS) is 1. The number of carbonyl (C=O) groups is 1. The van der Waals surface area contributed by atoms with Crippen LogP contribution < -0.4 is 4.74 Å². The molecule has 1 saturated carbocycles. The van der Waals surface area contributed by atoms with Crippen molar-refractivity contribution < 1.29 is 19.7 Å². The summed E-state index contributed by atoms with van der Waals surface area (Å²) in [5.74, 6) is 0.718. The third-order valence-corrected chi connectivity index (χ3v) is 5.05. The van der Waals surface area contributed by atoms with Crippen molar-refractivity contribution in [1.82, 2.24) is 4.90 Å². The van der Waals surface area contributed by atoms with Gasteiger partial charge in [-0.3, -0.25) is 9.69 Å². The maximum Gasteiger partial charge on any atom is 0.308 e. The SMILES string of the molecule is CC(C)Oc1ccc(CN2C[C@@H](C(=O)O)[C@H](C3CC3)C2)cc1CO. The summed E-state index contributed by atoms with van der Waals surface area (Å²) in [4.78, 5) is 13.8. The average Bonchev–Trinajstić information content (AvgIpc) is 3.29. The van der Waals surface area contributed by atoms with E-state index in [1.807, 2.05) is 32.0 Å². The molecule has 24 heavy (non-hydrogen) atoms. The number of benzene rings is 1. The Morgan fingerprint density at radius 1 is 1.33 bits per heavy atom. The highest BCUT2D eigenvalue weighted by Crippen LogP contribution is 2.44. The Bertz CT molecular complexity index is 597. The first-order valence-electron chi connectivity index (χ1n) is 8.82. The van der Waals surface area contributed by atoms with Gasteiger partial charge in [0.25, 0.3) is 0 Å². The highest BCUT2D eigenvalue weighted by molar-refractivity contribution is 5.71. The van der Waals surface area contributed by atoms with Crippen LogP contribution in [-0.4, -0.2) is 40.3 Å². The molecule has 1 aliphatic heterocycles. The molecule has 0 radical (unpaired) electrons. The molecular weight excluding hydrogens is 306 g/mol. The fourth-order valence-corrected chi connectivity index (χ4v) is 3.79. The molecule has 1 heterocycles. The first-order chi connectivity index (χ1) is 11.5. The molecule has 2 aliphatic rings. The topological polar surface area (TPSA) is 70.0 Å². The van der Waals surface area contributed by atoms with Crippen molar-refractivity contribution in [3.05, 3.63) is 29.3 Å². The van der Waals surface area contributed by atoms with Gasteiger partial charge in [0, 0.05) is 25.2 Å². The second-order valence-corrected chi connectivity index (χ2v) is 7.41. The first-order valence-corrected chi connectivity index (χ1v) is 8.82. The van der Waals surface area contributed by atoms with Gasteiger partial charge < -0.3 is 14.9 Å². The van der Waals surface area contributed by atoms with Gasteiger partial charge in [-0.1, -0.05) is 6.07 Å². The lowest BCUT2D eigenvalue weighted by molar-refractivity contribution is -0.142. The van der Waals surface area contributed by atoms with Crippen LogP contribution >= 0.6 is 0 Å². The number of carboxylic acids is 1. The van der Waals surface area contributed by atoms with Crippen molar-refractivity contribution in [1.29, 1.82) is 0 Å². The molecule has 5 heteroatoms. The van der Waals surface area contributed by atoms with Crippen molar-refractivity contribution >= 4 is 5.97 Å². The number of likely N-dealkylation sites (tertiary alicyclic amines) is 1. The lowest BCUT2D eigenvalue weighted by Crippen LogP contribution is -2.24. The van der Waals surface area contributed by atoms with Gasteiger partial charge in [0.05, 0.1) is 18.6 Å². The Morgan fingerprint density at radius 2 is 2.08 bits per heavy atom. The lowest BCUT2D eigenvalue weighted by Gasteiger charge is -2.18. The normalized spacial score (nSPS) is 24.5. The van der Waals surface area contributed by atoms with E-state index < -0.39 is 5.97 Å². The van der Waals surface area contributed by atoms with Gasteiger partial charge in [-0.05, 0) is 56.2 Å². The fraction of sp³-hybridized carbons (Fsp3) is 0.632. The molecule has 132 valence electrons. The zero-order chi connectivity index (χ0) is 17.3. The number of hydrogen-bond acceptors (Lipinski definition) is 4. The summed E-state index contributed by atoms with van der Waals surface area (Å²) in [5, 5.41) is 19.1. The Balaban J connectivity index is 1.68. The van der Waals surface area contributed by atoms with E-state index in [0.29, 0.717) is 18.4 Å². The van der Waals surface area contributed by atoms with Crippen molar-refractivity contribution in [3.8, 4) is 5.75 Å². The van der Waals surface area contributed by atoms with E-state index in [4.69, 9.17) is 4.74 Å². The molecule has 1 aliphatic carbocycles. The van der Waals surface area contributed by atoms with Crippen LogP contribution in [0.2, 0.25) is 0 Å². The number of hydrogen-bond donors (Lipinski definition) is 2. The van der Waals surface area contributed by atoms with Crippen LogP contribution in [-0.2, 0) is 17.9 Å². The van der Waals surface area contributed by atoms with Crippen LogP contribution in [0.5, 0.6) is 5.75 Å². The molecule has 2 fully saturated rings. The van der Waals surface area contributed by atoms with E-state index in [1.165, 1.54) is 12.8 Å². The second-order valence-electron chi connectivity index (χ2n) is 7.41. The maximum absolute atomic E-state index is 11.5. The fourth-order valence-electron chi connectivity index (χ4n) is 3.79. The number of aliphatic carboxylic acids is 1. The summed E-state index contributed by atoms with van der Waals surface area (Å²) in [6.45, 7) is 6.07. The predicted octanol–water partition coefficient (Wildman–Crippen LogP) is 2.51. The summed E-state index contributed by atoms with van der Waals surface area (Å²) in [7, 11) is 0. The second kappa shape index (κ2) is 7.11. The van der Waals surface area contributed by atoms with E-state index >= 15 is 0 Å². The standard InChI is InChI=1S/C19H27NO4/c1-12(2)24-18-6-3-13(7-15(18)11-21)8-20-9-16(14-4-5-14)17(10-20)19(22)23/h3,6-7,12,14,16-17,21H,4-5,8-11H2,1-2H3,(H,22,23)/t16-,17+/m0/s1. The minimum atomic E-state index is -0.661.